The van der Waals surface area contributed by atoms with E-state index in [-0.39, 0.29) is 24.0 Å². The van der Waals surface area contributed by atoms with Gasteiger partial charge in [0.15, 0.2) is 5.82 Å². The van der Waals surface area contributed by atoms with E-state index in [1.54, 1.807) is 0 Å². The van der Waals surface area contributed by atoms with Crippen molar-refractivity contribution in [1.29, 1.82) is 0 Å². The number of hydrogen-bond acceptors (Lipinski definition) is 4. The standard InChI is InChI=1S/C22H21N3O4/c1-2-11-25-19(21(26)27)12-20(24-25)23-22(28)29-13-18-16-9-5-3-7-14(16)15-8-4-6-10-17(15)18/h3-10,12,18H,2,11,13H2,1H3,(H,26,27)(H,23,24,28). The van der Waals surface area contributed by atoms with Crippen molar-refractivity contribution in [1.82, 2.24) is 9.78 Å². The van der Waals surface area contributed by atoms with E-state index in [0.29, 0.717) is 6.54 Å². The molecule has 0 saturated carbocycles. The molecule has 4 rings (SSSR count). The summed E-state index contributed by atoms with van der Waals surface area (Å²) in [4.78, 5) is 23.6. The van der Waals surface area contributed by atoms with Gasteiger partial charge in [0.25, 0.3) is 0 Å². The third-order valence-corrected chi connectivity index (χ3v) is 5.01. The molecule has 0 radical (unpaired) electrons. The molecule has 0 saturated heterocycles. The summed E-state index contributed by atoms with van der Waals surface area (Å²) in [7, 11) is 0. The molecule has 2 N–H and O–H groups in total. The Labute approximate surface area is 167 Å². The Bertz CT molecular complexity index is 1030. The van der Waals surface area contributed by atoms with Crippen LogP contribution in [0.25, 0.3) is 11.1 Å². The number of carbonyl (C=O) groups is 2. The Balaban J connectivity index is 1.47. The number of benzene rings is 2. The number of ether oxygens (including phenoxy) is 1. The molecule has 0 bridgehead atoms. The molecule has 0 spiro atoms. The highest BCUT2D eigenvalue weighted by molar-refractivity contribution is 5.89. The number of hydrogen-bond donors (Lipinski definition) is 2. The summed E-state index contributed by atoms with van der Waals surface area (Å²) in [5, 5.41) is 15.9. The highest BCUT2D eigenvalue weighted by Crippen LogP contribution is 2.44. The molecule has 7 heteroatoms. The predicted molar refractivity (Wildman–Crippen MR) is 108 cm³/mol. The quantitative estimate of drug-likeness (QED) is 0.651. The van der Waals surface area contributed by atoms with Gasteiger partial charge in [0.05, 0.1) is 0 Å². The monoisotopic (exact) mass is 391 g/mol. The van der Waals surface area contributed by atoms with Crippen LogP contribution < -0.4 is 5.32 Å². The summed E-state index contributed by atoms with van der Waals surface area (Å²) in [5.74, 6) is -0.972. The number of aromatic nitrogens is 2. The Morgan fingerprint density at radius 1 is 1.10 bits per heavy atom. The van der Waals surface area contributed by atoms with Crippen molar-refractivity contribution in [2.45, 2.75) is 25.8 Å². The lowest BCUT2D eigenvalue weighted by Gasteiger charge is -2.14. The number of aryl methyl sites for hydroxylation is 1. The average Bonchev–Trinajstić information content (AvgIpc) is 3.26. The topological polar surface area (TPSA) is 93.5 Å². The molecule has 1 aliphatic rings. The highest BCUT2D eigenvalue weighted by Gasteiger charge is 2.29. The van der Waals surface area contributed by atoms with Gasteiger partial charge in [-0.2, -0.15) is 5.10 Å². The summed E-state index contributed by atoms with van der Waals surface area (Å²) >= 11 is 0. The van der Waals surface area contributed by atoms with Crippen molar-refractivity contribution in [2.24, 2.45) is 0 Å². The van der Waals surface area contributed by atoms with Crippen molar-refractivity contribution < 1.29 is 19.4 Å². The predicted octanol–water partition coefficient (Wildman–Crippen LogP) is 4.35. The minimum absolute atomic E-state index is 0.0285. The molecule has 7 nitrogen and oxygen atoms in total. The fraction of sp³-hybridized carbons (Fsp3) is 0.227. The summed E-state index contributed by atoms with van der Waals surface area (Å²) in [5.41, 5.74) is 4.59. The highest BCUT2D eigenvalue weighted by atomic mass is 16.5. The van der Waals surface area contributed by atoms with E-state index in [1.165, 1.54) is 10.7 Å². The summed E-state index contributed by atoms with van der Waals surface area (Å²) in [6.07, 6.45) is 0.0664. The van der Waals surface area contributed by atoms with Gasteiger partial charge in [0, 0.05) is 18.5 Å². The number of fused-ring (bicyclic) bond motifs is 3. The van der Waals surface area contributed by atoms with E-state index in [9.17, 15) is 14.7 Å². The fourth-order valence-corrected chi connectivity index (χ4v) is 3.77. The molecule has 1 aliphatic carbocycles. The molecule has 0 fully saturated rings. The van der Waals surface area contributed by atoms with E-state index in [0.717, 1.165) is 28.7 Å². The Kier molecular flexibility index (Phi) is 5.03. The first-order valence-corrected chi connectivity index (χ1v) is 9.51. The number of amides is 1. The van der Waals surface area contributed by atoms with Crippen LogP contribution in [0.15, 0.2) is 54.6 Å². The van der Waals surface area contributed by atoms with Crippen LogP contribution >= 0.6 is 0 Å². The van der Waals surface area contributed by atoms with Gasteiger partial charge in [-0.1, -0.05) is 55.5 Å². The molecular formula is C22H21N3O4. The second kappa shape index (κ2) is 7.79. The number of carbonyl (C=O) groups excluding carboxylic acids is 1. The first-order valence-electron chi connectivity index (χ1n) is 9.51. The van der Waals surface area contributed by atoms with Gasteiger partial charge in [0.1, 0.15) is 12.3 Å². The van der Waals surface area contributed by atoms with Crippen molar-refractivity contribution in [3.8, 4) is 11.1 Å². The van der Waals surface area contributed by atoms with Gasteiger partial charge in [-0.05, 0) is 28.7 Å². The molecule has 3 aromatic rings. The molecular weight excluding hydrogens is 370 g/mol. The van der Waals surface area contributed by atoms with Crippen LogP contribution in [0, 0.1) is 0 Å². The van der Waals surface area contributed by atoms with Crippen LogP contribution in [0.3, 0.4) is 0 Å². The lowest BCUT2D eigenvalue weighted by molar-refractivity contribution is 0.0683. The smallest absolute Gasteiger partial charge is 0.412 e. The zero-order valence-electron chi connectivity index (χ0n) is 16.0. The molecule has 0 atom stereocenters. The maximum absolute atomic E-state index is 12.3. The van der Waals surface area contributed by atoms with Crippen LogP contribution in [0.4, 0.5) is 10.6 Å². The normalized spacial score (nSPS) is 12.3. The van der Waals surface area contributed by atoms with Gasteiger partial charge in [-0.3, -0.25) is 10.00 Å². The van der Waals surface area contributed by atoms with Gasteiger partial charge >= 0.3 is 12.1 Å². The van der Waals surface area contributed by atoms with Crippen LogP contribution in [0.1, 0.15) is 40.9 Å². The minimum atomic E-state index is -1.09. The van der Waals surface area contributed by atoms with E-state index >= 15 is 0 Å². The van der Waals surface area contributed by atoms with Gasteiger partial charge < -0.3 is 9.84 Å². The third kappa shape index (κ3) is 3.59. The molecule has 0 unspecified atom stereocenters. The van der Waals surface area contributed by atoms with Gasteiger partial charge in [0.2, 0.25) is 0 Å². The fourth-order valence-electron chi connectivity index (χ4n) is 3.77. The maximum atomic E-state index is 12.3. The SMILES string of the molecule is CCCn1nc(NC(=O)OCC2c3ccccc3-c3ccccc32)cc1C(=O)O. The summed E-state index contributed by atoms with van der Waals surface area (Å²) < 4.78 is 6.83. The minimum Gasteiger partial charge on any atom is -0.477 e. The second-order valence-electron chi connectivity index (χ2n) is 6.89. The number of anilines is 1. The molecule has 1 amide bonds. The number of rotatable bonds is 6. The van der Waals surface area contributed by atoms with Gasteiger partial charge in [-0.15, -0.1) is 0 Å². The van der Waals surface area contributed by atoms with E-state index in [2.05, 4.69) is 22.5 Å². The molecule has 1 aromatic heterocycles. The Morgan fingerprint density at radius 2 is 1.72 bits per heavy atom. The molecule has 1 heterocycles. The largest absolute Gasteiger partial charge is 0.477 e. The Morgan fingerprint density at radius 3 is 2.31 bits per heavy atom. The number of nitrogens with one attached hydrogen (secondary N) is 1. The van der Waals surface area contributed by atoms with Crippen molar-refractivity contribution in [2.75, 3.05) is 11.9 Å². The number of carboxylic acid groups (broad SMARTS) is 1. The first kappa shape index (κ1) is 18.7. The lowest BCUT2D eigenvalue weighted by Crippen LogP contribution is -2.18. The summed E-state index contributed by atoms with van der Waals surface area (Å²) in [6, 6.07) is 17.5. The van der Waals surface area contributed by atoms with Crippen LogP contribution in [-0.2, 0) is 11.3 Å². The van der Waals surface area contributed by atoms with Crippen LogP contribution in [0.5, 0.6) is 0 Å². The Hall–Kier alpha value is -3.61. The average molecular weight is 391 g/mol. The zero-order valence-corrected chi connectivity index (χ0v) is 16.0. The lowest BCUT2D eigenvalue weighted by atomic mass is 9.98. The van der Waals surface area contributed by atoms with Crippen molar-refractivity contribution >= 4 is 17.9 Å². The van der Waals surface area contributed by atoms with Gasteiger partial charge in [-0.25, -0.2) is 9.59 Å². The van der Waals surface area contributed by atoms with E-state index in [4.69, 9.17) is 4.74 Å². The number of nitrogens with zero attached hydrogens (tertiary/aromatic N) is 2. The van der Waals surface area contributed by atoms with E-state index in [1.807, 2.05) is 43.3 Å². The van der Waals surface area contributed by atoms with Crippen molar-refractivity contribution in [3.05, 3.63) is 71.4 Å². The second-order valence-corrected chi connectivity index (χ2v) is 6.89. The molecule has 29 heavy (non-hydrogen) atoms. The molecule has 2 aromatic carbocycles. The van der Waals surface area contributed by atoms with E-state index < -0.39 is 12.1 Å². The first-order chi connectivity index (χ1) is 14.1. The van der Waals surface area contributed by atoms with Crippen molar-refractivity contribution in [3.63, 3.8) is 0 Å². The zero-order chi connectivity index (χ0) is 20.4. The number of carboxylic acids is 1. The van der Waals surface area contributed by atoms with Crippen LogP contribution in [-0.4, -0.2) is 33.6 Å². The van der Waals surface area contributed by atoms with Crippen LogP contribution in [0.2, 0.25) is 0 Å². The summed E-state index contributed by atoms with van der Waals surface area (Å²) in [6.45, 7) is 2.56. The molecule has 0 aliphatic heterocycles. The molecule has 148 valence electrons. The third-order valence-electron chi connectivity index (χ3n) is 5.01. The number of aromatic carboxylic acids is 1. The maximum Gasteiger partial charge on any atom is 0.412 e.